The van der Waals surface area contributed by atoms with Crippen LogP contribution in [0.15, 0.2) is 72.8 Å². The lowest BCUT2D eigenvalue weighted by Gasteiger charge is -2.19. The van der Waals surface area contributed by atoms with Crippen molar-refractivity contribution in [2.24, 2.45) is 0 Å². The number of carbonyl (C=O) groups is 2. The molecule has 0 aromatic heterocycles. The van der Waals surface area contributed by atoms with Crippen molar-refractivity contribution >= 4 is 12.1 Å². The zero-order valence-electron chi connectivity index (χ0n) is 16.8. The van der Waals surface area contributed by atoms with E-state index in [1.165, 1.54) is 12.1 Å². The standard InChI is InChI=1S/C25H22FNO4/c26-17-7-5-6-16(12-17)13-18(14-24(28)29)27-25(30)31-15-23-21-10-3-1-8-19(21)20-9-2-4-11-22(20)23/h1-12,18,23H,13-15H2,(H,27,30)(H,28,29)/t18-/m1/s1. The summed E-state index contributed by atoms with van der Waals surface area (Å²) in [4.78, 5) is 23.7. The van der Waals surface area contributed by atoms with Crippen LogP contribution in [0.2, 0.25) is 0 Å². The van der Waals surface area contributed by atoms with E-state index in [1.54, 1.807) is 12.1 Å². The van der Waals surface area contributed by atoms with E-state index in [0.29, 0.717) is 5.56 Å². The molecule has 0 fully saturated rings. The Balaban J connectivity index is 1.43. The monoisotopic (exact) mass is 419 g/mol. The SMILES string of the molecule is O=C(O)C[C@@H](Cc1cccc(F)c1)NC(=O)OCC1c2ccccc2-c2ccccc21. The van der Waals surface area contributed by atoms with Gasteiger partial charge in [0.15, 0.2) is 0 Å². The van der Waals surface area contributed by atoms with Gasteiger partial charge in [0, 0.05) is 12.0 Å². The average molecular weight is 419 g/mol. The number of carboxylic acids is 1. The zero-order chi connectivity index (χ0) is 21.8. The van der Waals surface area contributed by atoms with Crippen LogP contribution >= 0.6 is 0 Å². The van der Waals surface area contributed by atoms with Crippen molar-refractivity contribution in [3.8, 4) is 11.1 Å². The Morgan fingerprint density at radius 1 is 0.968 bits per heavy atom. The molecule has 0 saturated heterocycles. The van der Waals surface area contributed by atoms with E-state index in [0.717, 1.165) is 22.3 Å². The molecule has 1 amide bonds. The highest BCUT2D eigenvalue weighted by molar-refractivity contribution is 5.79. The minimum Gasteiger partial charge on any atom is -0.481 e. The number of aliphatic carboxylic acids is 1. The van der Waals surface area contributed by atoms with Gasteiger partial charge in [-0.3, -0.25) is 4.79 Å². The lowest BCUT2D eigenvalue weighted by Crippen LogP contribution is -2.39. The fourth-order valence-electron chi connectivity index (χ4n) is 4.14. The van der Waals surface area contributed by atoms with E-state index >= 15 is 0 Å². The number of benzene rings is 3. The maximum absolute atomic E-state index is 13.5. The number of halogens is 1. The van der Waals surface area contributed by atoms with Crippen molar-refractivity contribution in [2.75, 3.05) is 6.61 Å². The summed E-state index contributed by atoms with van der Waals surface area (Å²) in [5, 5.41) is 11.8. The quantitative estimate of drug-likeness (QED) is 0.580. The van der Waals surface area contributed by atoms with Crippen molar-refractivity contribution in [1.29, 1.82) is 0 Å². The molecule has 4 rings (SSSR count). The second-order valence-electron chi connectivity index (χ2n) is 7.60. The smallest absolute Gasteiger partial charge is 0.407 e. The second kappa shape index (κ2) is 9.00. The van der Waals surface area contributed by atoms with E-state index in [1.807, 2.05) is 36.4 Å². The van der Waals surface area contributed by atoms with Crippen molar-refractivity contribution in [3.05, 3.63) is 95.3 Å². The second-order valence-corrected chi connectivity index (χ2v) is 7.60. The lowest BCUT2D eigenvalue weighted by atomic mass is 9.98. The molecule has 0 bridgehead atoms. The number of ether oxygens (including phenoxy) is 1. The van der Waals surface area contributed by atoms with Crippen LogP contribution in [0.3, 0.4) is 0 Å². The first-order valence-corrected chi connectivity index (χ1v) is 10.1. The van der Waals surface area contributed by atoms with Gasteiger partial charge in [0.05, 0.1) is 6.42 Å². The summed E-state index contributed by atoms with van der Waals surface area (Å²) in [6.07, 6.45) is -0.792. The van der Waals surface area contributed by atoms with E-state index in [-0.39, 0.29) is 25.4 Å². The Morgan fingerprint density at radius 3 is 2.23 bits per heavy atom. The molecule has 2 N–H and O–H groups in total. The number of rotatable bonds is 7. The minimum atomic E-state index is -1.06. The van der Waals surface area contributed by atoms with Crippen LogP contribution in [0.1, 0.15) is 29.0 Å². The molecule has 0 aliphatic heterocycles. The number of carboxylic acid groups (broad SMARTS) is 1. The van der Waals surface area contributed by atoms with Crippen LogP contribution in [0.25, 0.3) is 11.1 Å². The van der Waals surface area contributed by atoms with Crippen molar-refractivity contribution < 1.29 is 23.8 Å². The summed E-state index contributed by atoms with van der Waals surface area (Å²) < 4.78 is 18.9. The fraction of sp³-hybridized carbons (Fsp3) is 0.200. The summed E-state index contributed by atoms with van der Waals surface area (Å²) in [5.74, 6) is -1.55. The van der Waals surface area contributed by atoms with E-state index < -0.39 is 23.9 Å². The number of hydrogen-bond donors (Lipinski definition) is 2. The van der Waals surface area contributed by atoms with Gasteiger partial charge in [0.25, 0.3) is 0 Å². The Morgan fingerprint density at radius 2 is 1.61 bits per heavy atom. The Kier molecular flexibility index (Phi) is 5.98. The number of hydrogen-bond acceptors (Lipinski definition) is 3. The maximum atomic E-state index is 13.5. The molecule has 0 heterocycles. The first kappa shape index (κ1) is 20.6. The molecule has 31 heavy (non-hydrogen) atoms. The van der Waals surface area contributed by atoms with Crippen molar-refractivity contribution in [3.63, 3.8) is 0 Å². The summed E-state index contributed by atoms with van der Waals surface area (Å²) >= 11 is 0. The fourth-order valence-corrected chi connectivity index (χ4v) is 4.14. The molecule has 0 unspecified atom stereocenters. The molecule has 1 aliphatic rings. The average Bonchev–Trinajstić information content (AvgIpc) is 3.06. The van der Waals surface area contributed by atoms with Gasteiger partial charge in [-0.2, -0.15) is 0 Å². The Labute approximate surface area is 179 Å². The van der Waals surface area contributed by atoms with Crippen LogP contribution < -0.4 is 5.32 Å². The first-order valence-electron chi connectivity index (χ1n) is 10.1. The van der Waals surface area contributed by atoms with Gasteiger partial charge in [-0.15, -0.1) is 0 Å². The van der Waals surface area contributed by atoms with Gasteiger partial charge in [-0.25, -0.2) is 9.18 Å². The molecule has 1 atom stereocenters. The third-order valence-corrected chi connectivity index (χ3v) is 5.46. The summed E-state index contributed by atoms with van der Waals surface area (Å²) in [6, 6.07) is 21.2. The lowest BCUT2D eigenvalue weighted by molar-refractivity contribution is -0.137. The number of amides is 1. The molecule has 6 heteroatoms. The van der Waals surface area contributed by atoms with Crippen LogP contribution in [0, 0.1) is 5.82 Å². The highest BCUT2D eigenvalue weighted by Crippen LogP contribution is 2.44. The summed E-state index contributed by atoms with van der Waals surface area (Å²) in [6.45, 7) is 0.139. The largest absolute Gasteiger partial charge is 0.481 e. The highest BCUT2D eigenvalue weighted by atomic mass is 19.1. The molecule has 1 aliphatic carbocycles. The third kappa shape index (κ3) is 4.74. The van der Waals surface area contributed by atoms with Crippen LogP contribution in [0.5, 0.6) is 0 Å². The first-order chi connectivity index (χ1) is 15.0. The van der Waals surface area contributed by atoms with Gasteiger partial charge in [-0.1, -0.05) is 60.7 Å². The van der Waals surface area contributed by atoms with Crippen LogP contribution in [-0.4, -0.2) is 29.8 Å². The molecule has 158 valence electrons. The number of carbonyl (C=O) groups excluding carboxylic acids is 1. The predicted molar refractivity (Wildman–Crippen MR) is 114 cm³/mol. The van der Waals surface area contributed by atoms with E-state index in [9.17, 15) is 19.1 Å². The minimum absolute atomic E-state index is 0.0840. The number of alkyl carbamates (subject to hydrolysis) is 1. The molecule has 0 spiro atoms. The highest BCUT2D eigenvalue weighted by Gasteiger charge is 2.29. The van der Waals surface area contributed by atoms with Gasteiger partial charge in [-0.05, 0) is 46.4 Å². The van der Waals surface area contributed by atoms with E-state index in [2.05, 4.69) is 17.4 Å². The Hall–Kier alpha value is -3.67. The topological polar surface area (TPSA) is 75.6 Å². The van der Waals surface area contributed by atoms with Gasteiger partial charge in [0.2, 0.25) is 0 Å². The van der Waals surface area contributed by atoms with Crippen LogP contribution in [-0.2, 0) is 16.0 Å². The maximum Gasteiger partial charge on any atom is 0.407 e. The molecular formula is C25H22FNO4. The summed E-state index contributed by atoms with van der Waals surface area (Å²) in [7, 11) is 0. The van der Waals surface area contributed by atoms with Gasteiger partial charge >= 0.3 is 12.1 Å². The van der Waals surface area contributed by atoms with Crippen molar-refractivity contribution in [2.45, 2.75) is 24.8 Å². The molecule has 3 aromatic rings. The molecule has 5 nitrogen and oxygen atoms in total. The predicted octanol–water partition coefficient (Wildman–Crippen LogP) is 4.75. The zero-order valence-corrected chi connectivity index (χ0v) is 16.8. The van der Waals surface area contributed by atoms with Crippen LogP contribution in [0.4, 0.5) is 9.18 Å². The molecule has 3 aromatic carbocycles. The normalized spacial score (nSPS) is 13.2. The third-order valence-electron chi connectivity index (χ3n) is 5.46. The number of fused-ring (bicyclic) bond motifs is 3. The van der Waals surface area contributed by atoms with E-state index in [4.69, 9.17) is 4.74 Å². The van der Waals surface area contributed by atoms with Gasteiger partial charge < -0.3 is 15.2 Å². The van der Waals surface area contributed by atoms with Gasteiger partial charge in [0.1, 0.15) is 12.4 Å². The number of nitrogens with one attached hydrogen (secondary N) is 1. The summed E-state index contributed by atoms with van der Waals surface area (Å²) in [5.41, 5.74) is 5.05. The Bertz CT molecular complexity index is 1070. The van der Waals surface area contributed by atoms with Crippen molar-refractivity contribution in [1.82, 2.24) is 5.32 Å². The molecule has 0 saturated carbocycles. The molecular weight excluding hydrogens is 397 g/mol. The molecule has 0 radical (unpaired) electrons.